The summed E-state index contributed by atoms with van der Waals surface area (Å²) < 4.78 is 7.07. The van der Waals surface area contributed by atoms with Crippen LogP contribution in [0.2, 0.25) is 0 Å². The van der Waals surface area contributed by atoms with Gasteiger partial charge in [0.05, 0.1) is 18.0 Å². The van der Waals surface area contributed by atoms with Crippen LogP contribution in [0.15, 0.2) is 53.4 Å². The first-order valence-electron chi connectivity index (χ1n) is 6.87. The van der Waals surface area contributed by atoms with E-state index in [1.54, 1.807) is 17.3 Å². The molecule has 2 atom stereocenters. The van der Waals surface area contributed by atoms with Gasteiger partial charge < -0.3 is 9.73 Å². The van der Waals surface area contributed by atoms with Crippen molar-refractivity contribution in [1.29, 1.82) is 0 Å². The molecular weight excluding hydrogens is 266 g/mol. The highest BCUT2D eigenvalue weighted by atomic mass is 16.3. The fourth-order valence-electron chi connectivity index (χ4n) is 2.31. The van der Waals surface area contributed by atoms with Crippen LogP contribution in [0, 0.1) is 0 Å². The second kappa shape index (κ2) is 5.88. The molecule has 0 spiro atoms. The van der Waals surface area contributed by atoms with Crippen molar-refractivity contribution in [2.24, 2.45) is 0 Å². The standard InChI is InChI=1S/C15H17N5O/c1-11(17-12(2)15-7-4-8-21-15)13-5-3-6-14(9-13)20-10-16-18-19-20/h3-12,17H,1-2H3/t11?,12-/m0/s1. The van der Waals surface area contributed by atoms with Crippen LogP contribution in [0.3, 0.4) is 0 Å². The molecule has 0 fully saturated rings. The molecule has 0 aliphatic rings. The summed E-state index contributed by atoms with van der Waals surface area (Å²) in [4.78, 5) is 0. The van der Waals surface area contributed by atoms with E-state index in [9.17, 15) is 0 Å². The van der Waals surface area contributed by atoms with Crippen LogP contribution in [-0.4, -0.2) is 20.2 Å². The minimum Gasteiger partial charge on any atom is -0.468 e. The third kappa shape index (κ3) is 3.00. The van der Waals surface area contributed by atoms with Crippen molar-refractivity contribution in [2.75, 3.05) is 0 Å². The van der Waals surface area contributed by atoms with Gasteiger partial charge in [0.2, 0.25) is 0 Å². The Labute approximate surface area is 122 Å². The SMILES string of the molecule is CC(N[C@@H](C)c1ccco1)c1cccc(-n2cnnn2)c1. The predicted molar refractivity (Wildman–Crippen MR) is 77.8 cm³/mol. The van der Waals surface area contributed by atoms with Gasteiger partial charge in [0.15, 0.2) is 0 Å². The Bertz CT molecular complexity index is 678. The lowest BCUT2D eigenvalue weighted by atomic mass is 10.1. The lowest BCUT2D eigenvalue weighted by Gasteiger charge is -2.19. The summed E-state index contributed by atoms with van der Waals surface area (Å²) >= 11 is 0. The van der Waals surface area contributed by atoms with Gasteiger partial charge in [-0.1, -0.05) is 12.1 Å². The van der Waals surface area contributed by atoms with Crippen molar-refractivity contribution in [3.8, 4) is 5.69 Å². The molecule has 0 saturated carbocycles. The van der Waals surface area contributed by atoms with E-state index in [1.807, 2.05) is 24.3 Å². The lowest BCUT2D eigenvalue weighted by molar-refractivity contribution is 0.403. The van der Waals surface area contributed by atoms with Crippen LogP contribution in [0.4, 0.5) is 0 Å². The van der Waals surface area contributed by atoms with E-state index in [-0.39, 0.29) is 12.1 Å². The van der Waals surface area contributed by atoms with Gasteiger partial charge in [-0.25, -0.2) is 4.68 Å². The summed E-state index contributed by atoms with van der Waals surface area (Å²) in [6.07, 6.45) is 3.28. The third-order valence-electron chi connectivity index (χ3n) is 3.45. The van der Waals surface area contributed by atoms with Crippen LogP contribution in [0.25, 0.3) is 5.69 Å². The number of furan rings is 1. The number of tetrazole rings is 1. The van der Waals surface area contributed by atoms with Crippen LogP contribution in [0.5, 0.6) is 0 Å². The van der Waals surface area contributed by atoms with Crippen molar-refractivity contribution in [3.63, 3.8) is 0 Å². The monoisotopic (exact) mass is 283 g/mol. The van der Waals surface area contributed by atoms with E-state index in [0.29, 0.717) is 0 Å². The van der Waals surface area contributed by atoms with Crippen molar-refractivity contribution in [3.05, 3.63) is 60.3 Å². The molecule has 2 heterocycles. The Balaban J connectivity index is 1.76. The Hall–Kier alpha value is -2.47. The van der Waals surface area contributed by atoms with Crippen molar-refractivity contribution >= 4 is 0 Å². The largest absolute Gasteiger partial charge is 0.468 e. The van der Waals surface area contributed by atoms with E-state index in [1.165, 1.54) is 5.56 Å². The Morgan fingerprint density at radius 2 is 2.05 bits per heavy atom. The number of hydrogen-bond acceptors (Lipinski definition) is 5. The van der Waals surface area contributed by atoms with E-state index in [2.05, 4.69) is 46.8 Å². The lowest BCUT2D eigenvalue weighted by Crippen LogP contribution is -2.22. The summed E-state index contributed by atoms with van der Waals surface area (Å²) in [6, 6.07) is 12.3. The number of aromatic nitrogens is 4. The highest BCUT2D eigenvalue weighted by molar-refractivity contribution is 5.35. The van der Waals surface area contributed by atoms with E-state index in [0.717, 1.165) is 11.4 Å². The number of nitrogens with one attached hydrogen (secondary N) is 1. The number of rotatable bonds is 5. The molecule has 0 amide bonds. The Kier molecular flexibility index (Phi) is 3.79. The molecule has 6 heteroatoms. The molecule has 2 aromatic heterocycles. The number of nitrogens with zero attached hydrogens (tertiary/aromatic N) is 4. The van der Waals surface area contributed by atoms with Crippen molar-refractivity contribution < 1.29 is 4.42 Å². The second-order valence-corrected chi connectivity index (χ2v) is 4.97. The minimum atomic E-state index is 0.145. The first kappa shape index (κ1) is 13.5. The molecule has 3 aromatic rings. The Morgan fingerprint density at radius 1 is 1.14 bits per heavy atom. The molecule has 1 N–H and O–H groups in total. The normalized spacial score (nSPS) is 14.0. The molecule has 0 bridgehead atoms. The quantitative estimate of drug-likeness (QED) is 0.779. The number of benzene rings is 1. The molecule has 108 valence electrons. The third-order valence-corrected chi connectivity index (χ3v) is 3.45. The zero-order chi connectivity index (χ0) is 14.7. The van der Waals surface area contributed by atoms with Gasteiger partial charge >= 0.3 is 0 Å². The van der Waals surface area contributed by atoms with Gasteiger partial charge in [0, 0.05) is 6.04 Å². The van der Waals surface area contributed by atoms with Gasteiger partial charge in [0.1, 0.15) is 12.1 Å². The van der Waals surface area contributed by atoms with E-state index < -0.39 is 0 Å². The molecule has 1 unspecified atom stereocenters. The Morgan fingerprint density at radius 3 is 2.76 bits per heavy atom. The fraction of sp³-hybridized carbons (Fsp3) is 0.267. The van der Waals surface area contributed by atoms with Crippen LogP contribution in [-0.2, 0) is 0 Å². The van der Waals surface area contributed by atoms with Crippen LogP contribution >= 0.6 is 0 Å². The van der Waals surface area contributed by atoms with Crippen molar-refractivity contribution in [1.82, 2.24) is 25.5 Å². The summed E-state index contributed by atoms with van der Waals surface area (Å²) in [5, 5.41) is 14.7. The van der Waals surface area contributed by atoms with Gasteiger partial charge in [-0.15, -0.1) is 5.10 Å². The summed E-state index contributed by atoms with van der Waals surface area (Å²) in [5.74, 6) is 0.929. The summed E-state index contributed by atoms with van der Waals surface area (Å²) in [6.45, 7) is 4.21. The maximum absolute atomic E-state index is 5.42. The second-order valence-electron chi connectivity index (χ2n) is 4.97. The van der Waals surface area contributed by atoms with Gasteiger partial charge in [0.25, 0.3) is 0 Å². The maximum Gasteiger partial charge on any atom is 0.143 e. The van der Waals surface area contributed by atoms with Gasteiger partial charge in [-0.2, -0.15) is 0 Å². The molecular formula is C15H17N5O. The molecule has 0 aliphatic heterocycles. The van der Waals surface area contributed by atoms with Crippen LogP contribution in [0.1, 0.15) is 37.3 Å². The molecule has 21 heavy (non-hydrogen) atoms. The molecule has 0 saturated heterocycles. The summed E-state index contributed by atoms with van der Waals surface area (Å²) in [5.41, 5.74) is 2.11. The minimum absolute atomic E-state index is 0.145. The molecule has 0 radical (unpaired) electrons. The van der Waals surface area contributed by atoms with E-state index >= 15 is 0 Å². The van der Waals surface area contributed by atoms with Crippen LogP contribution < -0.4 is 5.32 Å². The average molecular weight is 283 g/mol. The number of hydrogen-bond donors (Lipinski definition) is 1. The molecule has 6 nitrogen and oxygen atoms in total. The highest BCUT2D eigenvalue weighted by Crippen LogP contribution is 2.21. The predicted octanol–water partition coefficient (Wildman–Crippen LogP) is 2.67. The molecule has 1 aromatic carbocycles. The molecule has 3 rings (SSSR count). The topological polar surface area (TPSA) is 68.8 Å². The van der Waals surface area contributed by atoms with Gasteiger partial charge in [-0.05, 0) is 54.1 Å². The molecule has 0 aliphatic carbocycles. The smallest absolute Gasteiger partial charge is 0.143 e. The van der Waals surface area contributed by atoms with Gasteiger partial charge in [-0.3, -0.25) is 0 Å². The summed E-state index contributed by atoms with van der Waals surface area (Å²) in [7, 11) is 0. The first-order valence-corrected chi connectivity index (χ1v) is 6.87. The highest BCUT2D eigenvalue weighted by Gasteiger charge is 2.13. The zero-order valence-corrected chi connectivity index (χ0v) is 12.0. The van der Waals surface area contributed by atoms with E-state index in [4.69, 9.17) is 4.42 Å². The first-order chi connectivity index (χ1) is 10.2. The van der Waals surface area contributed by atoms with Crippen molar-refractivity contribution in [2.45, 2.75) is 25.9 Å². The zero-order valence-electron chi connectivity index (χ0n) is 12.0. The fourth-order valence-corrected chi connectivity index (χ4v) is 2.31. The maximum atomic E-state index is 5.42. The average Bonchev–Trinajstić information content (AvgIpc) is 3.20.